The van der Waals surface area contributed by atoms with Crippen LogP contribution in [0.1, 0.15) is 57.7 Å². The molecule has 2 aromatic rings. The Hall–Kier alpha value is -2.38. The summed E-state index contributed by atoms with van der Waals surface area (Å²) in [5.74, 6) is 1.71. The van der Waals surface area contributed by atoms with Gasteiger partial charge in [-0.2, -0.15) is 0 Å². The Labute approximate surface area is 189 Å². The highest BCUT2D eigenvalue weighted by Gasteiger charge is 2.40. The van der Waals surface area contributed by atoms with E-state index >= 15 is 0 Å². The van der Waals surface area contributed by atoms with Crippen LogP contribution in [0, 0.1) is 17.8 Å². The first kappa shape index (κ1) is 22.8. The van der Waals surface area contributed by atoms with Crippen LogP contribution in [0.5, 0.6) is 0 Å². The second-order valence-corrected chi connectivity index (χ2v) is 8.86. The smallest absolute Gasteiger partial charge is 0.286 e. The minimum absolute atomic E-state index is 0.150. The number of benzene rings is 1. The number of carbonyl (C=O) groups is 1. The van der Waals surface area contributed by atoms with Crippen molar-refractivity contribution in [2.75, 3.05) is 13.2 Å². The topological polar surface area (TPSA) is 96.5 Å². The highest BCUT2D eigenvalue weighted by molar-refractivity contribution is 5.91. The molecule has 2 heterocycles. The first-order valence-electron chi connectivity index (χ1n) is 12.0. The number of hydrogen-bond donors (Lipinski definition) is 3. The quantitative estimate of drug-likeness (QED) is 0.546. The van der Waals surface area contributed by atoms with Crippen molar-refractivity contribution in [2.45, 2.75) is 64.7 Å². The second kappa shape index (κ2) is 11.0. The van der Waals surface area contributed by atoms with Crippen molar-refractivity contribution in [3.63, 3.8) is 0 Å². The standard InChI is InChI=1S/C25H35N3O4/c1-2-31-25-18(11-8-14-29)19(17-9-4-3-5-10-17)15-22(32-25)24(30)26-16-23-27-20-12-6-7-13-21(20)28-23/h6-7,12-13,15,17-19,25,29H,2-5,8-11,14,16H2,1H3,(H,26,30)(H,27,28)/t18-,19-,25-/m1/s1. The number of imidazole rings is 1. The molecule has 7 heteroatoms. The number of rotatable bonds is 9. The molecule has 174 valence electrons. The molecule has 0 bridgehead atoms. The van der Waals surface area contributed by atoms with Crippen molar-refractivity contribution in [1.82, 2.24) is 15.3 Å². The number of amides is 1. The lowest BCUT2D eigenvalue weighted by molar-refractivity contribution is -0.177. The lowest BCUT2D eigenvalue weighted by Crippen LogP contribution is -2.42. The van der Waals surface area contributed by atoms with E-state index in [4.69, 9.17) is 9.47 Å². The van der Waals surface area contributed by atoms with Gasteiger partial charge in [-0.15, -0.1) is 0 Å². The molecule has 32 heavy (non-hydrogen) atoms. The number of aromatic amines is 1. The zero-order chi connectivity index (χ0) is 22.3. The fraction of sp³-hybridized carbons (Fsp3) is 0.600. The number of carbonyl (C=O) groups excluding carboxylic acids is 1. The van der Waals surface area contributed by atoms with Crippen molar-refractivity contribution in [3.05, 3.63) is 41.9 Å². The Morgan fingerprint density at radius 3 is 2.84 bits per heavy atom. The molecule has 1 saturated carbocycles. The average Bonchev–Trinajstić information content (AvgIpc) is 3.25. The van der Waals surface area contributed by atoms with Gasteiger partial charge in [-0.25, -0.2) is 4.98 Å². The van der Waals surface area contributed by atoms with Gasteiger partial charge < -0.3 is 24.9 Å². The van der Waals surface area contributed by atoms with E-state index in [2.05, 4.69) is 15.3 Å². The van der Waals surface area contributed by atoms with Gasteiger partial charge in [-0.1, -0.05) is 31.4 Å². The van der Waals surface area contributed by atoms with Crippen molar-refractivity contribution in [2.24, 2.45) is 17.8 Å². The molecular formula is C25H35N3O4. The maximum atomic E-state index is 13.0. The zero-order valence-electron chi connectivity index (χ0n) is 18.9. The molecule has 2 aliphatic rings. The van der Waals surface area contributed by atoms with Gasteiger partial charge in [0.05, 0.1) is 17.6 Å². The van der Waals surface area contributed by atoms with Crippen molar-refractivity contribution < 1.29 is 19.4 Å². The maximum absolute atomic E-state index is 13.0. The van der Waals surface area contributed by atoms with Crippen LogP contribution < -0.4 is 5.32 Å². The van der Waals surface area contributed by atoms with E-state index in [1.807, 2.05) is 37.3 Å². The van der Waals surface area contributed by atoms with E-state index in [0.29, 0.717) is 37.1 Å². The highest BCUT2D eigenvalue weighted by Crippen LogP contribution is 2.42. The van der Waals surface area contributed by atoms with Crippen LogP contribution in [-0.4, -0.2) is 40.5 Å². The van der Waals surface area contributed by atoms with E-state index < -0.39 is 6.29 Å². The third-order valence-corrected chi connectivity index (χ3v) is 6.73. The first-order valence-corrected chi connectivity index (χ1v) is 12.0. The largest absolute Gasteiger partial charge is 0.459 e. The third-order valence-electron chi connectivity index (χ3n) is 6.73. The summed E-state index contributed by atoms with van der Waals surface area (Å²) >= 11 is 0. The number of nitrogens with zero attached hydrogens (tertiary/aromatic N) is 1. The van der Waals surface area contributed by atoms with E-state index in [9.17, 15) is 9.90 Å². The molecule has 1 aromatic heterocycles. The third kappa shape index (κ3) is 5.33. The van der Waals surface area contributed by atoms with Gasteiger partial charge in [0.25, 0.3) is 5.91 Å². The number of aliphatic hydroxyl groups excluding tert-OH is 1. The lowest BCUT2D eigenvalue weighted by Gasteiger charge is -2.41. The molecule has 3 atom stereocenters. The Morgan fingerprint density at radius 2 is 2.09 bits per heavy atom. The summed E-state index contributed by atoms with van der Waals surface area (Å²) in [4.78, 5) is 20.8. The summed E-state index contributed by atoms with van der Waals surface area (Å²) in [6.07, 6.45) is 9.19. The lowest BCUT2D eigenvalue weighted by atomic mass is 9.71. The molecule has 1 amide bonds. The van der Waals surface area contributed by atoms with Gasteiger partial charge in [-0.3, -0.25) is 4.79 Å². The minimum Gasteiger partial charge on any atom is -0.459 e. The Bertz CT molecular complexity index is 886. The van der Waals surface area contributed by atoms with Crippen LogP contribution in [0.25, 0.3) is 11.0 Å². The van der Waals surface area contributed by atoms with E-state index in [1.54, 1.807) is 0 Å². The fourth-order valence-corrected chi connectivity index (χ4v) is 5.18. The molecule has 1 aromatic carbocycles. The summed E-state index contributed by atoms with van der Waals surface area (Å²) in [5, 5.41) is 12.4. The number of ether oxygens (including phenoxy) is 2. The number of H-pyrrole nitrogens is 1. The molecule has 0 saturated heterocycles. The van der Waals surface area contributed by atoms with Crippen LogP contribution in [0.3, 0.4) is 0 Å². The predicted molar refractivity (Wildman–Crippen MR) is 122 cm³/mol. The molecule has 0 unspecified atom stereocenters. The Morgan fingerprint density at radius 1 is 1.28 bits per heavy atom. The van der Waals surface area contributed by atoms with E-state index in [1.165, 1.54) is 32.1 Å². The van der Waals surface area contributed by atoms with Gasteiger partial charge in [0, 0.05) is 19.1 Å². The van der Waals surface area contributed by atoms with Gasteiger partial charge in [0.15, 0.2) is 5.76 Å². The highest BCUT2D eigenvalue weighted by atomic mass is 16.7. The summed E-state index contributed by atoms with van der Waals surface area (Å²) in [6, 6.07) is 7.81. The molecule has 1 aliphatic carbocycles. The molecule has 7 nitrogen and oxygen atoms in total. The number of allylic oxidation sites excluding steroid dienone is 1. The zero-order valence-corrected chi connectivity index (χ0v) is 18.9. The van der Waals surface area contributed by atoms with E-state index in [-0.39, 0.29) is 24.3 Å². The number of hydrogen-bond acceptors (Lipinski definition) is 5. The average molecular weight is 442 g/mol. The number of aromatic nitrogens is 2. The van der Waals surface area contributed by atoms with Crippen LogP contribution in [0.15, 0.2) is 36.1 Å². The van der Waals surface area contributed by atoms with Crippen LogP contribution in [0.4, 0.5) is 0 Å². The molecular weight excluding hydrogens is 406 g/mol. The minimum atomic E-state index is -0.463. The molecule has 4 rings (SSSR count). The van der Waals surface area contributed by atoms with Crippen molar-refractivity contribution in [1.29, 1.82) is 0 Å². The molecule has 1 aliphatic heterocycles. The number of para-hydroxylation sites is 2. The number of fused-ring (bicyclic) bond motifs is 1. The van der Waals surface area contributed by atoms with Crippen LogP contribution in [-0.2, 0) is 20.8 Å². The second-order valence-electron chi connectivity index (χ2n) is 8.86. The fourth-order valence-electron chi connectivity index (χ4n) is 5.18. The van der Waals surface area contributed by atoms with Gasteiger partial charge >= 0.3 is 0 Å². The molecule has 0 radical (unpaired) electrons. The maximum Gasteiger partial charge on any atom is 0.286 e. The summed E-state index contributed by atoms with van der Waals surface area (Å²) in [6.45, 7) is 2.92. The molecule has 1 fully saturated rings. The Balaban J connectivity index is 1.50. The van der Waals surface area contributed by atoms with Gasteiger partial charge in [0.2, 0.25) is 6.29 Å². The number of nitrogens with one attached hydrogen (secondary N) is 2. The van der Waals surface area contributed by atoms with Crippen LogP contribution in [0.2, 0.25) is 0 Å². The Kier molecular flexibility index (Phi) is 7.81. The normalized spacial score (nSPS) is 24.2. The van der Waals surface area contributed by atoms with Gasteiger partial charge in [0.1, 0.15) is 5.82 Å². The van der Waals surface area contributed by atoms with Crippen molar-refractivity contribution >= 4 is 16.9 Å². The summed E-state index contributed by atoms with van der Waals surface area (Å²) in [7, 11) is 0. The SMILES string of the molecule is CCO[C@@H]1OC(C(=O)NCc2nc3ccccc3[nH]2)=C[C@H](C2CCCCC2)[C@H]1CCCO. The summed E-state index contributed by atoms with van der Waals surface area (Å²) in [5.41, 5.74) is 1.83. The van der Waals surface area contributed by atoms with E-state index in [0.717, 1.165) is 17.5 Å². The first-order chi connectivity index (χ1) is 15.7. The molecule has 3 N–H and O–H groups in total. The predicted octanol–water partition coefficient (Wildman–Crippen LogP) is 4.04. The van der Waals surface area contributed by atoms with Gasteiger partial charge in [-0.05, 0) is 62.7 Å². The monoisotopic (exact) mass is 441 g/mol. The van der Waals surface area contributed by atoms with Crippen LogP contribution >= 0.6 is 0 Å². The number of aliphatic hydroxyl groups is 1. The summed E-state index contributed by atoms with van der Waals surface area (Å²) < 4.78 is 12.0. The van der Waals surface area contributed by atoms with Crippen molar-refractivity contribution in [3.8, 4) is 0 Å². The molecule has 0 spiro atoms.